The second kappa shape index (κ2) is 6.32. The lowest BCUT2D eigenvalue weighted by Crippen LogP contribution is -2.44. The number of allylic oxidation sites excluding steroid dienone is 2. The van der Waals surface area contributed by atoms with Crippen LogP contribution in [-0.4, -0.2) is 24.2 Å². The molecule has 4 nitrogen and oxygen atoms in total. The van der Waals surface area contributed by atoms with Gasteiger partial charge in [-0.3, -0.25) is 4.79 Å². The fourth-order valence-corrected chi connectivity index (χ4v) is 3.97. The summed E-state index contributed by atoms with van der Waals surface area (Å²) >= 11 is 0. The predicted molar refractivity (Wildman–Crippen MR) is 105 cm³/mol. The molecule has 1 N–H and O–H groups in total. The van der Waals surface area contributed by atoms with Gasteiger partial charge >= 0.3 is 5.97 Å². The third-order valence-corrected chi connectivity index (χ3v) is 5.80. The Morgan fingerprint density at radius 3 is 2.15 bits per heavy atom. The number of rotatable bonds is 3. The highest BCUT2D eigenvalue weighted by atomic mass is 16.4. The summed E-state index contributed by atoms with van der Waals surface area (Å²) < 4.78 is 0. The molecule has 0 aromatic heterocycles. The molecule has 4 heteroatoms. The normalized spacial score (nSPS) is 20.6. The largest absolute Gasteiger partial charge is 0.486 e. The quantitative estimate of drug-likeness (QED) is 0.486. The number of hydrogen-bond acceptors (Lipinski definition) is 2. The molecular formula is C22H26N2O2. The molecule has 0 saturated heterocycles. The van der Waals surface area contributed by atoms with Gasteiger partial charge in [-0.1, -0.05) is 39.8 Å². The van der Waals surface area contributed by atoms with E-state index in [1.807, 2.05) is 6.08 Å². The van der Waals surface area contributed by atoms with Gasteiger partial charge in [-0.2, -0.15) is 0 Å². The monoisotopic (exact) mass is 350 g/mol. The molecule has 1 aromatic rings. The van der Waals surface area contributed by atoms with E-state index < -0.39 is 5.97 Å². The molecule has 0 saturated carbocycles. The van der Waals surface area contributed by atoms with Crippen LogP contribution >= 0.6 is 0 Å². The van der Waals surface area contributed by atoms with Gasteiger partial charge in [0.15, 0.2) is 0 Å². The minimum Gasteiger partial charge on any atom is -0.486 e. The van der Waals surface area contributed by atoms with E-state index in [1.54, 1.807) is 6.08 Å². The van der Waals surface area contributed by atoms with Crippen molar-refractivity contribution in [3.8, 4) is 0 Å². The van der Waals surface area contributed by atoms with Crippen molar-refractivity contribution in [2.45, 2.75) is 51.4 Å². The van der Waals surface area contributed by atoms with Gasteiger partial charge in [0, 0.05) is 18.8 Å². The standard InChI is InChI=1S/C22H26N2O2/c1-21(2)9-11-24-12-10-22(3,4)17-14-15(13-16(21)19(17)24)7-6-8-18(23-5)20(25)26/h6-8,13-14H,9-12H2,1-4H3,(H,25,26). The van der Waals surface area contributed by atoms with Crippen molar-refractivity contribution >= 4 is 17.7 Å². The maximum atomic E-state index is 11.0. The van der Waals surface area contributed by atoms with E-state index in [-0.39, 0.29) is 16.5 Å². The van der Waals surface area contributed by atoms with Gasteiger partial charge in [0.2, 0.25) is 0 Å². The maximum absolute atomic E-state index is 11.0. The molecular weight excluding hydrogens is 324 g/mol. The molecule has 0 amide bonds. The molecule has 0 aliphatic carbocycles. The summed E-state index contributed by atoms with van der Waals surface area (Å²) in [6.07, 6.45) is 7.20. The highest BCUT2D eigenvalue weighted by molar-refractivity contribution is 5.89. The molecule has 2 aliphatic heterocycles. The van der Waals surface area contributed by atoms with E-state index in [4.69, 9.17) is 11.7 Å². The third-order valence-electron chi connectivity index (χ3n) is 5.80. The van der Waals surface area contributed by atoms with E-state index in [1.165, 1.54) is 22.9 Å². The van der Waals surface area contributed by atoms with Gasteiger partial charge < -0.3 is 10.0 Å². The molecule has 136 valence electrons. The molecule has 0 fully saturated rings. The first-order chi connectivity index (χ1) is 12.2. The lowest BCUT2D eigenvalue weighted by molar-refractivity contribution is -0.132. The summed E-state index contributed by atoms with van der Waals surface area (Å²) in [5.41, 5.74) is 5.19. The lowest BCUT2D eigenvalue weighted by Gasteiger charge is -2.48. The lowest BCUT2D eigenvalue weighted by atomic mass is 9.69. The topological polar surface area (TPSA) is 44.9 Å². The second-order valence-corrected chi connectivity index (χ2v) is 8.55. The summed E-state index contributed by atoms with van der Waals surface area (Å²) in [4.78, 5) is 16.5. The van der Waals surface area contributed by atoms with E-state index in [0.717, 1.165) is 31.5 Å². The SMILES string of the molecule is [C-]#[N+]C(=CC=Cc1cc2c3c(c1)C(C)(C)CCN3CCC2(C)C)C(=O)O. The van der Waals surface area contributed by atoms with Crippen LogP contribution in [0.3, 0.4) is 0 Å². The van der Waals surface area contributed by atoms with E-state index in [9.17, 15) is 4.79 Å². The summed E-state index contributed by atoms with van der Waals surface area (Å²) in [6.45, 7) is 18.4. The summed E-state index contributed by atoms with van der Waals surface area (Å²) in [5.74, 6) is -1.19. The van der Waals surface area contributed by atoms with Crippen LogP contribution in [0, 0.1) is 6.57 Å². The average molecular weight is 350 g/mol. The van der Waals surface area contributed by atoms with Crippen LogP contribution in [0.2, 0.25) is 0 Å². The van der Waals surface area contributed by atoms with Crippen LogP contribution in [0.5, 0.6) is 0 Å². The molecule has 26 heavy (non-hydrogen) atoms. The number of anilines is 1. The Morgan fingerprint density at radius 1 is 1.15 bits per heavy atom. The van der Waals surface area contributed by atoms with Crippen molar-refractivity contribution in [1.82, 2.24) is 0 Å². The van der Waals surface area contributed by atoms with E-state index in [0.29, 0.717) is 0 Å². The molecule has 0 bridgehead atoms. The number of carbonyl (C=O) groups is 1. The van der Waals surface area contributed by atoms with Crippen molar-refractivity contribution in [1.29, 1.82) is 0 Å². The number of nitrogens with zero attached hydrogens (tertiary/aromatic N) is 2. The van der Waals surface area contributed by atoms with Gasteiger partial charge in [-0.15, -0.1) is 0 Å². The second-order valence-electron chi connectivity index (χ2n) is 8.55. The first-order valence-corrected chi connectivity index (χ1v) is 9.09. The molecule has 2 heterocycles. The zero-order chi connectivity index (χ0) is 19.1. The highest BCUT2D eigenvalue weighted by Crippen LogP contribution is 2.49. The first-order valence-electron chi connectivity index (χ1n) is 9.09. The average Bonchev–Trinajstić information content (AvgIpc) is 2.57. The van der Waals surface area contributed by atoms with Crippen LogP contribution in [0.15, 0.2) is 30.0 Å². The molecule has 2 aliphatic rings. The van der Waals surface area contributed by atoms with Crippen LogP contribution in [0.4, 0.5) is 5.69 Å². The van der Waals surface area contributed by atoms with Crippen molar-refractivity contribution in [3.05, 3.63) is 58.1 Å². The van der Waals surface area contributed by atoms with Gasteiger partial charge in [0.05, 0.1) is 6.57 Å². The Bertz CT molecular complexity index is 812. The van der Waals surface area contributed by atoms with Crippen molar-refractivity contribution < 1.29 is 9.90 Å². The number of benzene rings is 1. The third kappa shape index (κ3) is 3.14. The minimum absolute atomic E-state index is 0.121. The van der Waals surface area contributed by atoms with E-state index >= 15 is 0 Å². The fraction of sp³-hybridized carbons (Fsp3) is 0.455. The fourth-order valence-electron chi connectivity index (χ4n) is 3.97. The molecule has 3 rings (SSSR count). The van der Waals surface area contributed by atoms with E-state index in [2.05, 4.69) is 49.6 Å². The van der Waals surface area contributed by atoms with Crippen LogP contribution < -0.4 is 4.90 Å². The summed E-state index contributed by atoms with van der Waals surface area (Å²) in [7, 11) is 0. The van der Waals surface area contributed by atoms with Crippen molar-refractivity contribution in [2.75, 3.05) is 18.0 Å². The van der Waals surface area contributed by atoms with Crippen LogP contribution in [0.25, 0.3) is 10.9 Å². The van der Waals surface area contributed by atoms with Crippen LogP contribution in [0.1, 0.15) is 57.2 Å². The zero-order valence-corrected chi connectivity index (χ0v) is 16.0. The molecule has 0 unspecified atom stereocenters. The molecule has 1 aromatic carbocycles. The zero-order valence-electron chi connectivity index (χ0n) is 16.0. The smallest absolute Gasteiger partial charge is 0.333 e. The highest BCUT2D eigenvalue weighted by Gasteiger charge is 2.39. The summed E-state index contributed by atoms with van der Waals surface area (Å²) in [5, 5.41) is 8.96. The van der Waals surface area contributed by atoms with Gasteiger partial charge in [0.25, 0.3) is 5.70 Å². The number of aliphatic carboxylic acids is 1. The number of hydrogen-bond donors (Lipinski definition) is 1. The summed E-state index contributed by atoms with van der Waals surface area (Å²) in [6, 6.07) is 4.46. The predicted octanol–water partition coefficient (Wildman–Crippen LogP) is 4.76. The van der Waals surface area contributed by atoms with Gasteiger partial charge in [-0.25, -0.2) is 4.85 Å². The van der Waals surface area contributed by atoms with Crippen LogP contribution in [-0.2, 0) is 15.6 Å². The molecule has 0 atom stereocenters. The van der Waals surface area contributed by atoms with Crippen molar-refractivity contribution in [3.63, 3.8) is 0 Å². The minimum atomic E-state index is -1.19. The number of carboxylic acids is 1. The number of carboxylic acid groups (broad SMARTS) is 1. The first kappa shape index (κ1) is 18.3. The Kier molecular flexibility index (Phi) is 4.44. The van der Waals surface area contributed by atoms with Gasteiger partial charge in [-0.05, 0) is 58.6 Å². The Labute approximate surface area is 155 Å². The molecule has 0 radical (unpaired) electrons. The Hall–Kier alpha value is -2.54. The Morgan fingerprint density at radius 2 is 1.69 bits per heavy atom. The maximum Gasteiger partial charge on any atom is 0.333 e. The Balaban J connectivity index is 2.10. The molecule has 0 spiro atoms. The van der Waals surface area contributed by atoms with Crippen molar-refractivity contribution in [2.24, 2.45) is 0 Å². The van der Waals surface area contributed by atoms with Gasteiger partial charge in [0.1, 0.15) is 0 Å².